The molecule has 7 nitrogen and oxygen atoms in total. The van der Waals surface area contributed by atoms with Gasteiger partial charge in [0.1, 0.15) is 11.5 Å². The van der Waals surface area contributed by atoms with Gasteiger partial charge >= 0.3 is 5.97 Å². The highest BCUT2D eigenvalue weighted by atomic mass is 32.1. The Morgan fingerprint density at radius 1 is 1.12 bits per heavy atom. The number of aliphatic carboxylic acids is 1. The predicted octanol–water partition coefficient (Wildman–Crippen LogP) is 6.33. The largest absolute Gasteiger partial charge is 0.481 e. The number of anilines is 1. The number of hydrogen-bond donors (Lipinski definition) is 1. The van der Waals surface area contributed by atoms with Crippen LogP contribution in [0.5, 0.6) is 0 Å². The molecule has 6 rings (SSSR count). The van der Waals surface area contributed by atoms with Gasteiger partial charge in [-0.15, -0.1) is 11.3 Å². The zero-order valence-corrected chi connectivity index (χ0v) is 22.6. The van der Waals surface area contributed by atoms with Crippen LogP contribution in [0.3, 0.4) is 0 Å². The van der Waals surface area contributed by atoms with Crippen molar-refractivity contribution < 1.29 is 19.1 Å². The second-order valence-electron chi connectivity index (χ2n) is 10.2. The predicted molar refractivity (Wildman–Crippen MR) is 154 cm³/mol. The van der Waals surface area contributed by atoms with Crippen LogP contribution < -0.4 is 4.90 Å². The van der Waals surface area contributed by atoms with Gasteiger partial charge in [-0.3, -0.25) is 14.5 Å². The Hall–Kier alpha value is -4.37. The van der Waals surface area contributed by atoms with Crippen LogP contribution in [0.2, 0.25) is 0 Å². The molecule has 0 bridgehead atoms. The molecule has 3 heterocycles. The van der Waals surface area contributed by atoms with E-state index in [1.54, 1.807) is 17.2 Å². The van der Waals surface area contributed by atoms with E-state index in [0.29, 0.717) is 22.8 Å². The molecule has 1 saturated carbocycles. The number of carboxylic acids is 1. The maximum absolute atomic E-state index is 14.5. The van der Waals surface area contributed by atoms with Gasteiger partial charge in [-0.05, 0) is 54.7 Å². The number of halogens is 1. The quantitative estimate of drug-likeness (QED) is 0.230. The number of nitrogens with zero attached hydrogens (tertiary/aromatic N) is 4. The van der Waals surface area contributed by atoms with Crippen LogP contribution in [0.15, 0.2) is 78.4 Å². The summed E-state index contributed by atoms with van der Waals surface area (Å²) in [5, 5.41) is 12.9. The minimum atomic E-state index is -1.02. The molecule has 3 aromatic heterocycles. The SMILES string of the molecule is Cn1ccc2cc(-c3ccc(F)cc3-c3csc(N(C(=O)C(CC(=O)O)Cc4ccccc4)C4CC4)n3)cnc21. The first kappa shape index (κ1) is 25.9. The molecule has 1 unspecified atom stereocenters. The second-order valence-corrected chi connectivity index (χ2v) is 11.0. The topological polar surface area (TPSA) is 88.3 Å². The highest BCUT2D eigenvalue weighted by Gasteiger charge is 2.39. The average Bonchev–Trinajstić information content (AvgIpc) is 3.54. The van der Waals surface area contributed by atoms with Crippen molar-refractivity contribution in [1.29, 1.82) is 0 Å². The number of aryl methyl sites for hydroxylation is 1. The fraction of sp³-hybridized carbons (Fsp3) is 0.226. The first-order chi connectivity index (χ1) is 19.4. The van der Waals surface area contributed by atoms with Crippen LogP contribution in [0.1, 0.15) is 24.8 Å². The molecule has 202 valence electrons. The van der Waals surface area contributed by atoms with Crippen molar-refractivity contribution in [2.24, 2.45) is 13.0 Å². The minimum absolute atomic E-state index is 0.0183. The summed E-state index contributed by atoms with van der Waals surface area (Å²) in [4.78, 5) is 36.6. The number of thiazole rings is 1. The van der Waals surface area contributed by atoms with E-state index >= 15 is 0 Å². The Morgan fingerprint density at radius 2 is 1.93 bits per heavy atom. The van der Waals surface area contributed by atoms with E-state index in [0.717, 1.165) is 40.6 Å². The summed E-state index contributed by atoms with van der Waals surface area (Å²) >= 11 is 1.31. The Kier molecular flexibility index (Phi) is 6.89. The van der Waals surface area contributed by atoms with Crippen molar-refractivity contribution in [3.8, 4) is 22.4 Å². The van der Waals surface area contributed by atoms with Gasteiger partial charge in [0.25, 0.3) is 0 Å². The van der Waals surface area contributed by atoms with Crippen molar-refractivity contribution >= 4 is 39.4 Å². The molecule has 0 aliphatic heterocycles. The summed E-state index contributed by atoms with van der Waals surface area (Å²) in [5.74, 6) is -2.37. The number of aromatic nitrogens is 3. The Bertz CT molecular complexity index is 1710. The number of hydrogen-bond acceptors (Lipinski definition) is 5. The number of rotatable bonds is 9. The first-order valence-electron chi connectivity index (χ1n) is 13.1. The number of carboxylic acid groups (broad SMARTS) is 1. The molecular weight excluding hydrogens is 527 g/mol. The molecule has 1 aliphatic carbocycles. The summed E-state index contributed by atoms with van der Waals surface area (Å²) in [6, 6.07) is 18.0. The van der Waals surface area contributed by atoms with E-state index in [1.165, 1.54) is 23.5 Å². The van der Waals surface area contributed by atoms with Gasteiger partial charge in [-0.25, -0.2) is 14.4 Å². The van der Waals surface area contributed by atoms with Crippen molar-refractivity contribution in [1.82, 2.24) is 14.5 Å². The third kappa shape index (κ3) is 5.24. The summed E-state index contributed by atoms with van der Waals surface area (Å²) < 4.78 is 16.4. The van der Waals surface area contributed by atoms with Gasteiger partial charge in [0.2, 0.25) is 5.91 Å². The summed E-state index contributed by atoms with van der Waals surface area (Å²) in [6.45, 7) is 0. The number of pyridine rings is 1. The minimum Gasteiger partial charge on any atom is -0.481 e. The third-order valence-electron chi connectivity index (χ3n) is 7.22. The number of carbonyl (C=O) groups excluding carboxylic acids is 1. The highest BCUT2D eigenvalue weighted by molar-refractivity contribution is 7.14. The first-order valence-corrected chi connectivity index (χ1v) is 14.0. The van der Waals surface area contributed by atoms with Gasteiger partial charge in [-0.1, -0.05) is 36.4 Å². The van der Waals surface area contributed by atoms with Crippen LogP contribution in [-0.4, -0.2) is 37.6 Å². The Labute approximate surface area is 234 Å². The molecule has 5 aromatic rings. The lowest BCUT2D eigenvalue weighted by molar-refractivity contribution is -0.140. The lowest BCUT2D eigenvalue weighted by atomic mass is 9.94. The average molecular weight is 555 g/mol. The number of amides is 1. The maximum atomic E-state index is 14.5. The van der Waals surface area contributed by atoms with Gasteiger partial charge in [0, 0.05) is 47.4 Å². The van der Waals surface area contributed by atoms with E-state index in [1.807, 2.05) is 65.7 Å². The van der Waals surface area contributed by atoms with Gasteiger partial charge in [0.05, 0.1) is 18.0 Å². The molecule has 2 aromatic carbocycles. The van der Waals surface area contributed by atoms with Crippen LogP contribution in [-0.2, 0) is 23.1 Å². The van der Waals surface area contributed by atoms with E-state index in [9.17, 15) is 19.1 Å². The summed E-state index contributed by atoms with van der Waals surface area (Å²) in [5.41, 5.74) is 4.55. The summed E-state index contributed by atoms with van der Waals surface area (Å²) in [6.07, 6.45) is 5.44. The summed E-state index contributed by atoms with van der Waals surface area (Å²) in [7, 11) is 1.93. The second kappa shape index (κ2) is 10.7. The zero-order valence-electron chi connectivity index (χ0n) is 21.8. The molecule has 0 spiro atoms. The fourth-order valence-electron chi connectivity index (χ4n) is 5.10. The van der Waals surface area contributed by atoms with Crippen molar-refractivity contribution in [2.75, 3.05) is 4.90 Å². The lowest BCUT2D eigenvalue weighted by Crippen LogP contribution is -2.39. The molecule has 0 radical (unpaired) electrons. The maximum Gasteiger partial charge on any atom is 0.304 e. The van der Waals surface area contributed by atoms with Gasteiger partial charge in [0.15, 0.2) is 5.13 Å². The zero-order chi connectivity index (χ0) is 27.8. The van der Waals surface area contributed by atoms with Crippen molar-refractivity contribution in [2.45, 2.75) is 31.7 Å². The van der Waals surface area contributed by atoms with Gasteiger partial charge in [-0.2, -0.15) is 0 Å². The van der Waals surface area contributed by atoms with Crippen LogP contribution >= 0.6 is 11.3 Å². The molecule has 1 atom stereocenters. The van der Waals surface area contributed by atoms with Crippen LogP contribution in [0, 0.1) is 11.7 Å². The van der Waals surface area contributed by atoms with E-state index in [4.69, 9.17) is 4.98 Å². The Balaban J connectivity index is 1.35. The van der Waals surface area contributed by atoms with Crippen molar-refractivity contribution in [3.05, 3.63) is 89.8 Å². The number of carbonyl (C=O) groups is 2. The van der Waals surface area contributed by atoms with Crippen molar-refractivity contribution in [3.63, 3.8) is 0 Å². The molecular formula is C31H27FN4O3S. The van der Waals surface area contributed by atoms with E-state index < -0.39 is 11.9 Å². The molecule has 0 saturated heterocycles. The van der Waals surface area contributed by atoms with E-state index in [2.05, 4.69) is 4.98 Å². The number of fused-ring (bicyclic) bond motifs is 1. The molecule has 1 fully saturated rings. The molecule has 1 aliphatic rings. The monoisotopic (exact) mass is 554 g/mol. The normalized spacial score (nSPS) is 13.8. The van der Waals surface area contributed by atoms with Gasteiger partial charge < -0.3 is 9.67 Å². The molecule has 9 heteroatoms. The highest BCUT2D eigenvalue weighted by Crippen LogP contribution is 2.40. The smallest absolute Gasteiger partial charge is 0.304 e. The molecule has 40 heavy (non-hydrogen) atoms. The standard InChI is InChI=1S/C31H27FN4O3S/c1-35-12-11-20-14-22(17-33-29(20)35)25-10-7-23(32)16-26(25)27-18-40-31(34-27)36(24-8-9-24)30(39)21(15-28(37)38)13-19-5-3-2-4-6-19/h2-7,10-12,14,16-18,21,24H,8-9,13,15H2,1H3,(H,37,38). The lowest BCUT2D eigenvalue weighted by Gasteiger charge is -2.25. The van der Waals surface area contributed by atoms with Crippen LogP contribution in [0.25, 0.3) is 33.4 Å². The molecule has 1 N–H and O–H groups in total. The van der Waals surface area contributed by atoms with Crippen LogP contribution in [0.4, 0.5) is 9.52 Å². The third-order valence-corrected chi connectivity index (χ3v) is 8.06. The molecule has 1 amide bonds. The number of benzene rings is 2. The Morgan fingerprint density at radius 3 is 2.67 bits per heavy atom. The van der Waals surface area contributed by atoms with E-state index in [-0.39, 0.29) is 24.2 Å². The fourth-order valence-corrected chi connectivity index (χ4v) is 6.00.